The average Bonchev–Trinajstić information content (AvgIpc) is 2.41. The number of rotatable bonds is 4. The summed E-state index contributed by atoms with van der Waals surface area (Å²) in [6, 6.07) is 3.77. The van der Waals surface area contributed by atoms with E-state index in [1.165, 1.54) is 12.1 Å². The van der Waals surface area contributed by atoms with Crippen molar-refractivity contribution >= 4 is 12.0 Å². The van der Waals surface area contributed by atoms with E-state index in [1.54, 1.807) is 0 Å². The number of aliphatic hydroxyl groups is 1. The number of nitrogens with two attached hydrogens (primary N) is 1. The molecule has 1 aromatic carbocycles. The molecule has 0 aliphatic heterocycles. The molecule has 0 aliphatic rings. The number of hydrogen-bond donors (Lipinski definition) is 3. The van der Waals surface area contributed by atoms with E-state index in [0.717, 1.165) is 6.07 Å². The third-order valence-corrected chi connectivity index (χ3v) is 2.17. The van der Waals surface area contributed by atoms with Gasteiger partial charge in [0.1, 0.15) is 19.0 Å². The molecule has 0 saturated heterocycles. The molecule has 0 radical (unpaired) electrons. The summed E-state index contributed by atoms with van der Waals surface area (Å²) in [4.78, 5) is 21.9. The van der Waals surface area contributed by atoms with Gasteiger partial charge in [0.15, 0.2) is 0 Å². The van der Waals surface area contributed by atoms with Crippen molar-refractivity contribution in [1.29, 1.82) is 0 Å². The zero-order chi connectivity index (χ0) is 15.0. The summed E-state index contributed by atoms with van der Waals surface area (Å²) >= 11 is 0. The second-order valence-electron chi connectivity index (χ2n) is 3.58. The predicted octanol–water partition coefficient (Wildman–Crippen LogP) is -0.00540. The normalized spacial score (nSPS) is 9.30. The van der Waals surface area contributed by atoms with Gasteiger partial charge in [0.05, 0.1) is 12.1 Å². The van der Waals surface area contributed by atoms with Crippen molar-refractivity contribution in [3.8, 4) is 11.8 Å². The van der Waals surface area contributed by atoms with Gasteiger partial charge < -0.3 is 20.9 Å². The topological polar surface area (TPSA) is 102 Å². The molecule has 4 N–H and O–H groups in total. The second-order valence-corrected chi connectivity index (χ2v) is 3.58. The van der Waals surface area contributed by atoms with Crippen LogP contribution in [0.2, 0.25) is 0 Å². The summed E-state index contributed by atoms with van der Waals surface area (Å²) in [7, 11) is 0. The monoisotopic (exact) mass is 280 g/mol. The molecule has 0 fully saturated rings. The Balaban J connectivity index is 2.61. The van der Waals surface area contributed by atoms with Crippen LogP contribution in [-0.2, 0) is 4.74 Å². The Labute approximate surface area is 114 Å². The van der Waals surface area contributed by atoms with Crippen molar-refractivity contribution in [2.75, 3.05) is 19.8 Å². The van der Waals surface area contributed by atoms with E-state index in [2.05, 4.69) is 21.9 Å². The number of primary amides is 1. The van der Waals surface area contributed by atoms with Gasteiger partial charge in [-0.1, -0.05) is 11.8 Å². The maximum atomic E-state index is 13.6. The Morgan fingerprint density at radius 3 is 2.80 bits per heavy atom. The Morgan fingerprint density at radius 1 is 1.45 bits per heavy atom. The molecule has 7 heteroatoms. The largest absolute Gasteiger partial charge is 0.448 e. The number of nitrogens with one attached hydrogen (secondary N) is 1. The minimum Gasteiger partial charge on any atom is -0.448 e. The minimum atomic E-state index is -0.933. The SMILES string of the molecule is NC(=O)OCCNC(=O)c1ccc(C#CCO)c(F)c1. The van der Waals surface area contributed by atoms with Crippen LogP contribution in [0.1, 0.15) is 15.9 Å². The van der Waals surface area contributed by atoms with Crippen LogP contribution in [0.4, 0.5) is 9.18 Å². The Kier molecular flexibility index (Phi) is 6.00. The molecular weight excluding hydrogens is 267 g/mol. The minimum absolute atomic E-state index is 0.0649. The molecule has 2 amide bonds. The fourth-order valence-corrected chi connectivity index (χ4v) is 1.31. The number of aliphatic hydroxyl groups excluding tert-OH is 1. The number of benzene rings is 1. The zero-order valence-electron chi connectivity index (χ0n) is 10.5. The van der Waals surface area contributed by atoms with Gasteiger partial charge in [0.25, 0.3) is 5.91 Å². The quantitative estimate of drug-likeness (QED) is 0.533. The molecule has 0 saturated carbocycles. The lowest BCUT2D eigenvalue weighted by Gasteiger charge is -2.05. The second kappa shape index (κ2) is 7.76. The fourth-order valence-electron chi connectivity index (χ4n) is 1.31. The summed E-state index contributed by atoms with van der Waals surface area (Å²) in [5.41, 5.74) is 4.94. The van der Waals surface area contributed by atoms with E-state index < -0.39 is 17.8 Å². The highest BCUT2D eigenvalue weighted by molar-refractivity contribution is 5.94. The Hall–Kier alpha value is -2.59. The van der Waals surface area contributed by atoms with Gasteiger partial charge in [-0.2, -0.15) is 0 Å². The first kappa shape index (κ1) is 15.5. The van der Waals surface area contributed by atoms with Crippen molar-refractivity contribution in [1.82, 2.24) is 5.32 Å². The van der Waals surface area contributed by atoms with Gasteiger partial charge in [0.2, 0.25) is 0 Å². The molecule has 0 aromatic heterocycles. The molecule has 1 rings (SSSR count). The Bertz CT molecular complexity index is 563. The van der Waals surface area contributed by atoms with Gasteiger partial charge >= 0.3 is 6.09 Å². The van der Waals surface area contributed by atoms with Crippen molar-refractivity contribution in [2.24, 2.45) is 5.73 Å². The summed E-state index contributed by atoms with van der Waals surface area (Å²) < 4.78 is 18.0. The number of hydrogen-bond acceptors (Lipinski definition) is 4. The maximum Gasteiger partial charge on any atom is 0.404 e. The van der Waals surface area contributed by atoms with Gasteiger partial charge in [-0.25, -0.2) is 9.18 Å². The lowest BCUT2D eigenvalue weighted by Crippen LogP contribution is -2.29. The molecule has 0 aliphatic carbocycles. The summed E-state index contributed by atoms with van der Waals surface area (Å²) in [5, 5.41) is 10.9. The first-order chi connectivity index (χ1) is 9.54. The molecule has 6 nitrogen and oxygen atoms in total. The van der Waals surface area contributed by atoms with E-state index in [-0.39, 0.29) is 30.9 Å². The molecular formula is C13H13FN2O4. The van der Waals surface area contributed by atoms with Crippen molar-refractivity contribution in [2.45, 2.75) is 0 Å². The maximum absolute atomic E-state index is 13.6. The number of ether oxygens (including phenoxy) is 1. The van der Waals surface area contributed by atoms with E-state index in [4.69, 9.17) is 10.8 Å². The van der Waals surface area contributed by atoms with E-state index in [9.17, 15) is 14.0 Å². The lowest BCUT2D eigenvalue weighted by molar-refractivity contribution is 0.0936. The van der Waals surface area contributed by atoms with Gasteiger partial charge in [0, 0.05) is 5.56 Å². The first-order valence-corrected chi connectivity index (χ1v) is 5.64. The molecule has 0 unspecified atom stereocenters. The van der Waals surface area contributed by atoms with Crippen LogP contribution in [0.3, 0.4) is 0 Å². The van der Waals surface area contributed by atoms with Gasteiger partial charge in [-0.3, -0.25) is 4.79 Å². The summed E-state index contributed by atoms with van der Waals surface area (Å²) in [6.45, 7) is -0.374. The highest BCUT2D eigenvalue weighted by Crippen LogP contribution is 2.09. The molecule has 1 aromatic rings. The molecule has 20 heavy (non-hydrogen) atoms. The standard InChI is InChI=1S/C13H13FN2O4/c14-11-8-10(4-3-9(11)2-1-6-17)12(18)16-5-7-20-13(15)19/h3-4,8,17H,5-7H2,(H2,15,19)(H,16,18). The van der Waals surface area contributed by atoms with Crippen LogP contribution >= 0.6 is 0 Å². The van der Waals surface area contributed by atoms with Crippen molar-refractivity contribution in [3.05, 3.63) is 35.1 Å². The van der Waals surface area contributed by atoms with Gasteiger partial charge in [-0.15, -0.1) is 0 Å². The van der Waals surface area contributed by atoms with E-state index in [1.807, 2.05) is 0 Å². The van der Waals surface area contributed by atoms with Gasteiger partial charge in [-0.05, 0) is 18.2 Å². The average molecular weight is 280 g/mol. The van der Waals surface area contributed by atoms with Crippen molar-refractivity contribution in [3.63, 3.8) is 0 Å². The molecule has 106 valence electrons. The van der Waals surface area contributed by atoms with Crippen LogP contribution in [0, 0.1) is 17.7 Å². The fraction of sp³-hybridized carbons (Fsp3) is 0.231. The lowest BCUT2D eigenvalue weighted by atomic mass is 10.1. The van der Waals surface area contributed by atoms with E-state index in [0.29, 0.717) is 0 Å². The molecule has 0 spiro atoms. The van der Waals surface area contributed by atoms with Crippen LogP contribution < -0.4 is 11.1 Å². The number of carbonyl (C=O) groups excluding carboxylic acids is 2. The molecule has 0 atom stereocenters. The van der Waals surface area contributed by atoms with Crippen LogP contribution in [0.15, 0.2) is 18.2 Å². The number of halogens is 1. The predicted molar refractivity (Wildman–Crippen MR) is 68.2 cm³/mol. The zero-order valence-corrected chi connectivity index (χ0v) is 10.5. The van der Waals surface area contributed by atoms with Crippen LogP contribution in [0.25, 0.3) is 0 Å². The summed E-state index contributed by atoms with van der Waals surface area (Å²) in [6.07, 6.45) is -0.933. The molecule has 0 heterocycles. The smallest absolute Gasteiger partial charge is 0.404 e. The molecule has 0 bridgehead atoms. The third-order valence-electron chi connectivity index (χ3n) is 2.17. The Morgan fingerprint density at radius 2 is 2.20 bits per heavy atom. The third kappa shape index (κ3) is 4.96. The first-order valence-electron chi connectivity index (χ1n) is 5.64. The highest BCUT2D eigenvalue weighted by atomic mass is 19.1. The number of carbonyl (C=O) groups is 2. The van der Waals surface area contributed by atoms with Crippen LogP contribution in [0.5, 0.6) is 0 Å². The number of amides is 2. The summed E-state index contributed by atoms with van der Waals surface area (Å²) in [5.74, 6) is 3.55. The van der Waals surface area contributed by atoms with Crippen molar-refractivity contribution < 1.29 is 23.8 Å². The highest BCUT2D eigenvalue weighted by Gasteiger charge is 2.08. The van der Waals surface area contributed by atoms with E-state index >= 15 is 0 Å². The van der Waals surface area contributed by atoms with Crippen LogP contribution in [-0.4, -0.2) is 36.9 Å².